The van der Waals surface area contributed by atoms with Crippen LogP contribution in [0.5, 0.6) is 11.5 Å². The third-order valence-electron chi connectivity index (χ3n) is 5.63. The second-order valence-corrected chi connectivity index (χ2v) is 9.93. The molecule has 2 aromatic carbocycles. The number of thioether (sulfide) groups is 1. The Morgan fingerprint density at radius 1 is 1.20 bits per heavy atom. The molecule has 0 radical (unpaired) electrons. The maximum atomic E-state index is 13.0. The minimum atomic E-state index is -0.498. The Morgan fingerprint density at radius 2 is 1.94 bits per heavy atom. The van der Waals surface area contributed by atoms with E-state index < -0.39 is 11.1 Å². The lowest BCUT2D eigenvalue weighted by atomic mass is 10.00. The van der Waals surface area contributed by atoms with E-state index in [9.17, 15) is 14.4 Å². The first-order chi connectivity index (χ1) is 16.8. The van der Waals surface area contributed by atoms with E-state index in [1.54, 1.807) is 23.1 Å². The number of hydrogen-bond acceptors (Lipinski definition) is 6. The summed E-state index contributed by atoms with van der Waals surface area (Å²) in [6, 6.07) is 11.4. The quantitative estimate of drug-likeness (QED) is 0.476. The fourth-order valence-corrected chi connectivity index (χ4v) is 5.12. The average molecular weight is 515 g/mol. The van der Waals surface area contributed by atoms with Crippen LogP contribution in [0.1, 0.15) is 37.5 Å². The largest absolute Gasteiger partial charge is 0.490 e. The molecule has 0 bridgehead atoms. The van der Waals surface area contributed by atoms with Gasteiger partial charge in [0, 0.05) is 13.1 Å². The van der Waals surface area contributed by atoms with Crippen molar-refractivity contribution >= 4 is 46.5 Å². The Hall–Kier alpha value is -2.97. The van der Waals surface area contributed by atoms with Gasteiger partial charge >= 0.3 is 0 Å². The molecule has 0 saturated carbocycles. The van der Waals surface area contributed by atoms with E-state index in [2.05, 4.69) is 6.07 Å². The summed E-state index contributed by atoms with van der Waals surface area (Å²) >= 11 is 7.24. The number of ether oxygens (including phenoxy) is 2. The van der Waals surface area contributed by atoms with Gasteiger partial charge in [-0.2, -0.15) is 0 Å². The number of hydrogen-bond donors (Lipinski definition) is 0. The van der Waals surface area contributed by atoms with Gasteiger partial charge in [-0.25, -0.2) is 0 Å². The van der Waals surface area contributed by atoms with Gasteiger partial charge in [0.2, 0.25) is 5.91 Å². The minimum Gasteiger partial charge on any atom is -0.490 e. The second-order valence-electron chi connectivity index (χ2n) is 8.53. The number of halogens is 1. The van der Waals surface area contributed by atoms with E-state index >= 15 is 0 Å². The van der Waals surface area contributed by atoms with Crippen molar-refractivity contribution in [3.63, 3.8) is 0 Å². The zero-order valence-electron chi connectivity index (χ0n) is 19.9. The molecule has 0 atom stereocenters. The summed E-state index contributed by atoms with van der Waals surface area (Å²) in [4.78, 5) is 41.4. The van der Waals surface area contributed by atoms with Crippen molar-refractivity contribution in [3.05, 3.63) is 63.0 Å². The highest BCUT2D eigenvalue weighted by Crippen LogP contribution is 2.39. The standard InChI is InChI=1S/C26H27ClN2O5S/c1-4-33-21-12-17(11-20(27)24(21)34-16(2)3)13-22-25(31)29(26(32)35-22)15-23(30)28-10-9-18-7-5-6-8-19(18)14-28/h5-8,11-13,16H,4,9-10,14-15H2,1-3H3/b22-13-. The van der Waals surface area contributed by atoms with E-state index in [1.807, 2.05) is 39.0 Å². The van der Waals surface area contributed by atoms with E-state index in [1.165, 1.54) is 5.56 Å². The number of nitrogens with zero attached hydrogens (tertiary/aromatic N) is 2. The third kappa shape index (κ3) is 5.65. The van der Waals surface area contributed by atoms with E-state index in [-0.39, 0.29) is 23.5 Å². The number of imide groups is 1. The minimum absolute atomic E-state index is 0.0972. The SMILES string of the molecule is CCOc1cc(/C=C2\SC(=O)N(CC(=O)N3CCc4ccccc4C3)C2=O)cc(Cl)c1OC(C)C. The molecule has 0 aliphatic carbocycles. The number of carbonyl (C=O) groups excluding carboxylic acids is 3. The van der Waals surface area contributed by atoms with Crippen molar-refractivity contribution in [1.29, 1.82) is 0 Å². The second kappa shape index (κ2) is 10.7. The molecule has 2 heterocycles. The topological polar surface area (TPSA) is 76.2 Å². The summed E-state index contributed by atoms with van der Waals surface area (Å²) in [7, 11) is 0. The van der Waals surface area contributed by atoms with Crippen LogP contribution in [0.15, 0.2) is 41.3 Å². The number of benzene rings is 2. The van der Waals surface area contributed by atoms with Crippen LogP contribution in [-0.2, 0) is 22.6 Å². The van der Waals surface area contributed by atoms with Gasteiger partial charge < -0.3 is 14.4 Å². The molecule has 35 heavy (non-hydrogen) atoms. The number of fused-ring (bicyclic) bond motifs is 1. The fourth-order valence-electron chi connectivity index (χ4n) is 4.02. The molecule has 2 aliphatic heterocycles. The van der Waals surface area contributed by atoms with Gasteiger partial charge in [0.25, 0.3) is 11.1 Å². The van der Waals surface area contributed by atoms with Crippen LogP contribution in [0.2, 0.25) is 5.02 Å². The van der Waals surface area contributed by atoms with E-state index in [0.717, 1.165) is 28.6 Å². The Balaban J connectivity index is 1.49. The number of rotatable bonds is 7. The summed E-state index contributed by atoms with van der Waals surface area (Å²) in [6.45, 7) is 6.79. The molecule has 1 saturated heterocycles. The van der Waals surface area contributed by atoms with Crippen LogP contribution in [-0.4, -0.2) is 52.7 Å². The van der Waals surface area contributed by atoms with Crippen molar-refractivity contribution in [1.82, 2.24) is 9.80 Å². The van der Waals surface area contributed by atoms with Gasteiger partial charge in [-0.3, -0.25) is 19.3 Å². The summed E-state index contributed by atoms with van der Waals surface area (Å²) < 4.78 is 11.5. The summed E-state index contributed by atoms with van der Waals surface area (Å²) in [5.74, 6) is 0.143. The van der Waals surface area contributed by atoms with Gasteiger partial charge in [-0.15, -0.1) is 0 Å². The Labute approximate surface area is 214 Å². The summed E-state index contributed by atoms with van der Waals surface area (Å²) in [5, 5.41) is -0.126. The van der Waals surface area contributed by atoms with Crippen molar-refractivity contribution < 1.29 is 23.9 Å². The average Bonchev–Trinajstić information content (AvgIpc) is 3.08. The zero-order valence-corrected chi connectivity index (χ0v) is 21.4. The first-order valence-corrected chi connectivity index (χ1v) is 12.7. The molecule has 1 fully saturated rings. The molecular formula is C26H27ClN2O5S. The van der Waals surface area contributed by atoms with Crippen LogP contribution in [0, 0.1) is 0 Å². The third-order valence-corrected chi connectivity index (χ3v) is 6.82. The monoisotopic (exact) mass is 514 g/mol. The molecule has 3 amide bonds. The van der Waals surface area contributed by atoms with Crippen LogP contribution in [0.25, 0.3) is 6.08 Å². The predicted octanol–water partition coefficient (Wildman–Crippen LogP) is 5.15. The first-order valence-electron chi connectivity index (χ1n) is 11.5. The highest BCUT2D eigenvalue weighted by Gasteiger charge is 2.37. The Kier molecular flexibility index (Phi) is 7.72. The molecule has 4 rings (SSSR count). The fraction of sp³-hybridized carbons (Fsp3) is 0.346. The lowest BCUT2D eigenvalue weighted by Crippen LogP contribution is -2.44. The smallest absolute Gasteiger partial charge is 0.294 e. The number of amides is 3. The normalized spacial score (nSPS) is 16.8. The molecule has 7 nitrogen and oxygen atoms in total. The maximum absolute atomic E-state index is 13.0. The molecular weight excluding hydrogens is 488 g/mol. The lowest BCUT2D eigenvalue weighted by Gasteiger charge is -2.29. The van der Waals surface area contributed by atoms with Gasteiger partial charge in [0.15, 0.2) is 11.5 Å². The van der Waals surface area contributed by atoms with Crippen LogP contribution >= 0.6 is 23.4 Å². The van der Waals surface area contributed by atoms with E-state index in [4.69, 9.17) is 21.1 Å². The zero-order chi connectivity index (χ0) is 25.1. The van der Waals surface area contributed by atoms with Crippen LogP contribution in [0.3, 0.4) is 0 Å². The van der Waals surface area contributed by atoms with Gasteiger partial charge in [0.05, 0.1) is 22.6 Å². The molecule has 0 aromatic heterocycles. The van der Waals surface area contributed by atoms with Crippen molar-refractivity contribution in [2.45, 2.75) is 39.8 Å². The highest BCUT2D eigenvalue weighted by atomic mass is 35.5. The molecule has 0 spiro atoms. The maximum Gasteiger partial charge on any atom is 0.294 e. The van der Waals surface area contributed by atoms with Crippen molar-refractivity contribution in [3.8, 4) is 11.5 Å². The predicted molar refractivity (Wildman–Crippen MR) is 137 cm³/mol. The van der Waals surface area contributed by atoms with E-state index in [0.29, 0.717) is 41.8 Å². The van der Waals surface area contributed by atoms with Crippen LogP contribution in [0.4, 0.5) is 4.79 Å². The number of carbonyl (C=O) groups is 3. The molecule has 2 aromatic rings. The molecule has 0 N–H and O–H groups in total. The van der Waals surface area contributed by atoms with Crippen LogP contribution < -0.4 is 9.47 Å². The lowest BCUT2D eigenvalue weighted by molar-refractivity contribution is -0.136. The van der Waals surface area contributed by atoms with Gasteiger partial charge in [-0.05, 0) is 73.9 Å². The molecule has 184 valence electrons. The highest BCUT2D eigenvalue weighted by molar-refractivity contribution is 8.18. The van der Waals surface area contributed by atoms with Gasteiger partial charge in [0.1, 0.15) is 6.54 Å². The molecule has 9 heteroatoms. The first kappa shape index (κ1) is 25.1. The van der Waals surface area contributed by atoms with Crippen molar-refractivity contribution in [2.75, 3.05) is 19.7 Å². The molecule has 0 unspecified atom stereocenters. The summed E-state index contributed by atoms with van der Waals surface area (Å²) in [5.41, 5.74) is 2.91. The van der Waals surface area contributed by atoms with Crippen molar-refractivity contribution in [2.24, 2.45) is 0 Å². The van der Waals surface area contributed by atoms with Gasteiger partial charge in [-0.1, -0.05) is 35.9 Å². The Bertz CT molecular complexity index is 1200. The summed E-state index contributed by atoms with van der Waals surface area (Å²) in [6.07, 6.45) is 2.24. The Morgan fingerprint density at radius 3 is 2.66 bits per heavy atom. The molecule has 2 aliphatic rings.